The lowest BCUT2D eigenvalue weighted by Gasteiger charge is -2.25. The zero-order valence-electron chi connectivity index (χ0n) is 11.3. The highest BCUT2D eigenvalue weighted by atomic mass is 79.9. The second kappa shape index (κ2) is 7.92. The van der Waals surface area contributed by atoms with Crippen LogP contribution in [0.1, 0.15) is 26.7 Å². The Morgan fingerprint density at radius 1 is 1.42 bits per heavy atom. The van der Waals surface area contributed by atoms with E-state index in [0.29, 0.717) is 13.0 Å². The first-order valence-electron chi connectivity index (χ1n) is 6.35. The summed E-state index contributed by atoms with van der Waals surface area (Å²) < 4.78 is 1.07. The van der Waals surface area contributed by atoms with Crippen LogP contribution in [0.2, 0.25) is 0 Å². The quantitative estimate of drug-likeness (QED) is 0.556. The fourth-order valence-electron chi connectivity index (χ4n) is 1.81. The summed E-state index contributed by atoms with van der Waals surface area (Å²) >= 11 is 5.16. The van der Waals surface area contributed by atoms with E-state index >= 15 is 0 Å². The van der Waals surface area contributed by atoms with E-state index in [-0.39, 0.29) is 0 Å². The maximum atomic E-state index is 11.2. The van der Waals surface area contributed by atoms with Crippen molar-refractivity contribution in [3.63, 3.8) is 0 Å². The molecule has 1 unspecified atom stereocenters. The zero-order chi connectivity index (χ0) is 14.3. The zero-order valence-corrected chi connectivity index (χ0v) is 13.7. The summed E-state index contributed by atoms with van der Waals surface area (Å²) in [4.78, 5) is 12.5. The molecule has 0 amide bonds. The maximum Gasteiger partial charge on any atom is 0.323 e. The molecule has 19 heavy (non-hydrogen) atoms. The maximum absolute atomic E-state index is 11.2. The van der Waals surface area contributed by atoms with Gasteiger partial charge in [-0.2, -0.15) is 0 Å². The minimum Gasteiger partial charge on any atom is -0.480 e. The second-order valence-electron chi connectivity index (χ2n) is 4.57. The van der Waals surface area contributed by atoms with Crippen molar-refractivity contribution in [2.75, 3.05) is 12.3 Å². The van der Waals surface area contributed by atoms with Crippen LogP contribution in [-0.4, -0.2) is 28.9 Å². The van der Waals surface area contributed by atoms with Gasteiger partial charge in [0.1, 0.15) is 5.54 Å². The van der Waals surface area contributed by atoms with E-state index in [1.54, 1.807) is 18.7 Å². The Hall–Kier alpha value is -0.520. The van der Waals surface area contributed by atoms with Crippen molar-refractivity contribution in [1.29, 1.82) is 0 Å². The summed E-state index contributed by atoms with van der Waals surface area (Å²) in [5, 5.41) is 12.3. The van der Waals surface area contributed by atoms with Crippen LogP contribution in [0, 0.1) is 0 Å². The molecule has 3 nitrogen and oxygen atoms in total. The summed E-state index contributed by atoms with van der Waals surface area (Å²) in [5.41, 5.74) is -0.810. The molecule has 0 fully saturated rings. The molecule has 0 aliphatic heterocycles. The van der Waals surface area contributed by atoms with Gasteiger partial charge < -0.3 is 10.4 Å². The van der Waals surface area contributed by atoms with Gasteiger partial charge in [-0.15, -0.1) is 11.8 Å². The van der Waals surface area contributed by atoms with Gasteiger partial charge in [0.25, 0.3) is 0 Å². The molecular weight excluding hydrogens is 326 g/mol. The number of benzene rings is 1. The van der Waals surface area contributed by atoms with E-state index < -0.39 is 11.5 Å². The molecule has 0 aliphatic rings. The lowest BCUT2D eigenvalue weighted by molar-refractivity contribution is -0.144. The van der Waals surface area contributed by atoms with Crippen molar-refractivity contribution in [2.24, 2.45) is 0 Å². The number of thioether (sulfide) groups is 1. The van der Waals surface area contributed by atoms with E-state index in [4.69, 9.17) is 0 Å². The Balaban J connectivity index is 2.36. The second-order valence-corrected chi connectivity index (χ2v) is 6.66. The van der Waals surface area contributed by atoms with Crippen molar-refractivity contribution < 1.29 is 9.90 Å². The van der Waals surface area contributed by atoms with Crippen LogP contribution in [0.25, 0.3) is 0 Å². The number of rotatable bonds is 8. The van der Waals surface area contributed by atoms with E-state index in [9.17, 15) is 9.90 Å². The molecule has 0 saturated carbocycles. The van der Waals surface area contributed by atoms with Gasteiger partial charge in [0, 0.05) is 9.37 Å². The summed E-state index contributed by atoms with van der Waals surface area (Å²) in [6, 6.07) is 8.16. The highest BCUT2D eigenvalue weighted by Crippen LogP contribution is 2.23. The molecular formula is C14H20BrNO2S. The Bertz CT molecular complexity index is 410. The molecule has 0 heterocycles. The molecule has 1 rings (SSSR count). The number of hydrogen-bond acceptors (Lipinski definition) is 3. The highest BCUT2D eigenvalue weighted by molar-refractivity contribution is 9.10. The molecule has 5 heteroatoms. The van der Waals surface area contributed by atoms with Crippen LogP contribution < -0.4 is 5.32 Å². The molecule has 0 aliphatic carbocycles. The number of halogens is 1. The Morgan fingerprint density at radius 2 is 2.05 bits per heavy atom. The summed E-state index contributed by atoms with van der Waals surface area (Å²) in [6.45, 7) is 4.35. The lowest BCUT2D eigenvalue weighted by atomic mass is 9.96. The van der Waals surface area contributed by atoms with Gasteiger partial charge in [-0.1, -0.05) is 22.9 Å². The number of carboxylic acids is 1. The SMILES string of the molecule is CCNC(C)(CCCSc1ccc(Br)cc1)C(=O)O. The van der Waals surface area contributed by atoms with E-state index in [2.05, 4.69) is 33.4 Å². The third-order valence-corrected chi connectivity index (χ3v) is 4.57. The van der Waals surface area contributed by atoms with Crippen molar-refractivity contribution in [2.45, 2.75) is 37.1 Å². The van der Waals surface area contributed by atoms with Gasteiger partial charge >= 0.3 is 5.97 Å². The largest absolute Gasteiger partial charge is 0.480 e. The molecule has 1 atom stereocenters. The Kier molecular flexibility index (Phi) is 6.89. The smallest absolute Gasteiger partial charge is 0.323 e. The van der Waals surface area contributed by atoms with Crippen molar-refractivity contribution in [1.82, 2.24) is 5.32 Å². The molecule has 1 aromatic carbocycles. The van der Waals surface area contributed by atoms with Gasteiger partial charge in [-0.05, 0) is 56.3 Å². The molecule has 0 radical (unpaired) electrons. The van der Waals surface area contributed by atoms with Crippen LogP contribution in [-0.2, 0) is 4.79 Å². The predicted octanol–water partition coefficient (Wildman–Crippen LogP) is 3.77. The van der Waals surface area contributed by atoms with E-state index in [0.717, 1.165) is 16.6 Å². The van der Waals surface area contributed by atoms with Crippen LogP contribution >= 0.6 is 27.7 Å². The number of nitrogens with one attached hydrogen (secondary N) is 1. The van der Waals surface area contributed by atoms with E-state index in [1.165, 1.54) is 4.90 Å². The third-order valence-electron chi connectivity index (χ3n) is 2.94. The molecule has 106 valence electrons. The van der Waals surface area contributed by atoms with Crippen molar-refractivity contribution in [3.8, 4) is 0 Å². The standard InChI is InChI=1S/C14H20BrNO2S/c1-3-16-14(2,13(17)18)9-4-10-19-12-7-5-11(15)6-8-12/h5-8,16H,3-4,9-10H2,1-2H3,(H,17,18). The summed E-state index contributed by atoms with van der Waals surface area (Å²) in [7, 11) is 0. The van der Waals surface area contributed by atoms with Crippen molar-refractivity contribution in [3.05, 3.63) is 28.7 Å². The third kappa shape index (κ3) is 5.55. The average Bonchev–Trinajstić information content (AvgIpc) is 2.37. The normalized spacial score (nSPS) is 14.1. The monoisotopic (exact) mass is 345 g/mol. The van der Waals surface area contributed by atoms with Gasteiger partial charge in [0.15, 0.2) is 0 Å². The number of carboxylic acid groups (broad SMARTS) is 1. The van der Waals surface area contributed by atoms with Gasteiger partial charge in [-0.3, -0.25) is 4.79 Å². The fraction of sp³-hybridized carbons (Fsp3) is 0.500. The molecule has 0 saturated heterocycles. The summed E-state index contributed by atoms with van der Waals surface area (Å²) in [6.07, 6.45) is 1.51. The van der Waals surface area contributed by atoms with Crippen LogP contribution in [0.3, 0.4) is 0 Å². The highest BCUT2D eigenvalue weighted by Gasteiger charge is 2.30. The van der Waals surface area contributed by atoms with Crippen LogP contribution in [0.15, 0.2) is 33.6 Å². The van der Waals surface area contributed by atoms with Gasteiger partial charge in [0.05, 0.1) is 0 Å². The molecule has 0 aromatic heterocycles. The average molecular weight is 346 g/mol. The first-order valence-corrected chi connectivity index (χ1v) is 8.12. The molecule has 1 aromatic rings. The molecule has 2 N–H and O–H groups in total. The minimum atomic E-state index is -0.810. The van der Waals surface area contributed by atoms with Crippen LogP contribution in [0.5, 0.6) is 0 Å². The lowest BCUT2D eigenvalue weighted by Crippen LogP contribution is -2.49. The van der Waals surface area contributed by atoms with Gasteiger partial charge in [0.2, 0.25) is 0 Å². The van der Waals surface area contributed by atoms with Crippen LogP contribution in [0.4, 0.5) is 0 Å². The predicted molar refractivity (Wildman–Crippen MR) is 83.8 cm³/mol. The molecule has 0 spiro atoms. The fourth-order valence-corrected chi connectivity index (χ4v) is 2.92. The summed E-state index contributed by atoms with van der Waals surface area (Å²) in [5.74, 6) is 0.151. The topological polar surface area (TPSA) is 49.3 Å². The number of likely N-dealkylation sites (N-methyl/N-ethyl adjacent to an activating group) is 1. The first kappa shape index (κ1) is 16.5. The molecule has 0 bridgehead atoms. The minimum absolute atomic E-state index is 0.639. The number of carbonyl (C=O) groups is 1. The van der Waals surface area contributed by atoms with E-state index in [1.807, 2.05) is 19.1 Å². The number of hydrogen-bond donors (Lipinski definition) is 2. The number of aliphatic carboxylic acids is 1. The van der Waals surface area contributed by atoms with Gasteiger partial charge in [-0.25, -0.2) is 0 Å². The Labute approximate surface area is 127 Å². The first-order chi connectivity index (χ1) is 8.98. The Morgan fingerprint density at radius 3 is 2.58 bits per heavy atom. The van der Waals surface area contributed by atoms with Crippen molar-refractivity contribution >= 4 is 33.7 Å².